The van der Waals surface area contributed by atoms with Crippen LogP contribution in [0.4, 0.5) is 0 Å². The molecule has 0 saturated carbocycles. The molecule has 0 radical (unpaired) electrons. The number of para-hydroxylation sites is 1. The van der Waals surface area contributed by atoms with E-state index in [1.54, 1.807) is 0 Å². The summed E-state index contributed by atoms with van der Waals surface area (Å²) < 4.78 is 6.02. The van der Waals surface area contributed by atoms with Crippen molar-refractivity contribution in [3.63, 3.8) is 0 Å². The molecule has 0 fully saturated rings. The molecule has 84 valence electrons. The number of rotatable bonds is 4. The molecule has 2 nitrogen and oxygen atoms in total. The molecule has 1 aromatic rings. The van der Waals surface area contributed by atoms with Crippen LogP contribution in [0.25, 0.3) is 0 Å². The van der Waals surface area contributed by atoms with Gasteiger partial charge < -0.3 is 10.5 Å². The maximum absolute atomic E-state index is 6.02. The standard InChI is InChI=1S/C13H21NO/c1-5-13(3,4)15-12-10(2)7-6-8-11(12)9-14/h6-8H,5,9,14H2,1-4H3. The zero-order valence-electron chi connectivity index (χ0n) is 10.1. The summed E-state index contributed by atoms with van der Waals surface area (Å²) in [6.45, 7) is 8.90. The predicted molar refractivity (Wildman–Crippen MR) is 64.1 cm³/mol. The van der Waals surface area contributed by atoms with Crippen LogP contribution < -0.4 is 10.5 Å². The van der Waals surface area contributed by atoms with Crippen molar-refractivity contribution in [2.24, 2.45) is 5.73 Å². The van der Waals surface area contributed by atoms with Crippen molar-refractivity contribution in [2.75, 3.05) is 0 Å². The van der Waals surface area contributed by atoms with Crippen LogP contribution in [0.1, 0.15) is 38.3 Å². The van der Waals surface area contributed by atoms with Gasteiger partial charge in [-0.15, -0.1) is 0 Å². The highest BCUT2D eigenvalue weighted by atomic mass is 16.5. The Morgan fingerprint density at radius 1 is 1.33 bits per heavy atom. The highest BCUT2D eigenvalue weighted by Gasteiger charge is 2.19. The Morgan fingerprint density at radius 3 is 2.53 bits per heavy atom. The number of benzene rings is 1. The summed E-state index contributed by atoms with van der Waals surface area (Å²) in [5, 5.41) is 0. The monoisotopic (exact) mass is 207 g/mol. The fraction of sp³-hybridized carbons (Fsp3) is 0.538. The van der Waals surface area contributed by atoms with Gasteiger partial charge in [0.05, 0.1) is 0 Å². The fourth-order valence-electron chi connectivity index (χ4n) is 1.37. The lowest BCUT2D eigenvalue weighted by atomic mass is 10.0. The van der Waals surface area contributed by atoms with Gasteiger partial charge in [0.15, 0.2) is 0 Å². The maximum atomic E-state index is 6.02. The molecule has 0 amide bonds. The Morgan fingerprint density at radius 2 is 2.00 bits per heavy atom. The average Bonchev–Trinajstić information content (AvgIpc) is 2.21. The van der Waals surface area contributed by atoms with Gasteiger partial charge in [-0.25, -0.2) is 0 Å². The van der Waals surface area contributed by atoms with E-state index in [4.69, 9.17) is 10.5 Å². The number of nitrogens with two attached hydrogens (primary N) is 1. The first-order chi connectivity index (χ1) is 7.00. The lowest BCUT2D eigenvalue weighted by molar-refractivity contribution is 0.103. The largest absolute Gasteiger partial charge is 0.487 e. The minimum atomic E-state index is -0.129. The highest BCUT2D eigenvalue weighted by Crippen LogP contribution is 2.28. The van der Waals surface area contributed by atoms with Crippen LogP contribution in [-0.4, -0.2) is 5.60 Å². The van der Waals surface area contributed by atoms with Gasteiger partial charge in [-0.05, 0) is 32.8 Å². The van der Waals surface area contributed by atoms with Crippen molar-refractivity contribution >= 4 is 0 Å². The smallest absolute Gasteiger partial charge is 0.127 e. The molecule has 0 aliphatic rings. The van der Waals surface area contributed by atoms with E-state index < -0.39 is 0 Å². The Kier molecular flexibility index (Phi) is 3.75. The quantitative estimate of drug-likeness (QED) is 0.823. The van der Waals surface area contributed by atoms with E-state index in [2.05, 4.69) is 33.8 Å². The Balaban J connectivity index is 3.02. The summed E-state index contributed by atoms with van der Waals surface area (Å²) in [6.07, 6.45) is 0.978. The van der Waals surface area contributed by atoms with Crippen LogP contribution in [0.2, 0.25) is 0 Å². The molecule has 0 aromatic heterocycles. The average molecular weight is 207 g/mol. The van der Waals surface area contributed by atoms with Crippen molar-refractivity contribution in [3.05, 3.63) is 29.3 Å². The normalized spacial score (nSPS) is 11.5. The fourth-order valence-corrected chi connectivity index (χ4v) is 1.37. The molecule has 0 aliphatic heterocycles. The van der Waals surface area contributed by atoms with Gasteiger partial charge in [0.25, 0.3) is 0 Å². The Hall–Kier alpha value is -1.02. The third-order valence-corrected chi connectivity index (χ3v) is 2.74. The lowest BCUT2D eigenvalue weighted by Gasteiger charge is -2.27. The second kappa shape index (κ2) is 4.67. The molecule has 2 N–H and O–H groups in total. The van der Waals surface area contributed by atoms with Gasteiger partial charge >= 0.3 is 0 Å². The topological polar surface area (TPSA) is 35.2 Å². The third-order valence-electron chi connectivity index (χ3n) is 2.74. The first kappa shape index (κ1) is 12.1. The third kappa shape index (κ3) is 2.96. The summed E-state index contributed by atoms with van der Waals surface area (Å²) in [7, 11) is 0. The molecule has 1 aromatic carbocycles. The van der Waals surface area contributed by atoms with Crippen LogP contribution in [0.3, 0.4) is 0 Å². The molecular formula is C13H21NO. The number of hydrogen-bond acceptors (Lipinski definition) is 2. The molecule has 0 spiro atoms. The predicted octanol–water partition coefficient (Wildman–Crippen LogP) is 3.02. The molecule has 0 saturated heterocycles. The van der Waals surface area contributed by atoms with Gasteiger partial charge in [-0.3, -0.25) is 0 Å². The summed E-state index contributed by atoms with van der Waals surface area (Å²) in [5.74, 6) is 0.951. The van der Waals surface area contributed by atoms with Crippen LogP contribution in [0, 0.1) is 6.92 Å². The van der Waals surface area contributed by atoms with Crippen molar-refractivity contribution in [1.29, 1.82) is 0 Å². The summed E-state index contributed by atoms with van der Waals surface area (Å²) in [6, 6.07) is 6.09. The van der Waals surface area contributed by atoms with E-state index in [1.807, 2.05) is 12.1 Å². The van der Waals surface area contributed by atoms with E-state index >= 15 is 0 Å². The van der Waals surface area contributed by atoms with Gasteiger partial charge in [0.2, 0.25) is 0 Å². The second-order valence-electron chi connectivity index (χ2n) is 4.48. The zero-order chi connectivity index (χ0) is 11.5. The lowest BCUT2D eigenvalue weighted by Crippen LogP contribution is -2.28. The van der Waals surface area contributed by atoms with Crippen molar-refractivity contribution in [2.45, 2.75) is 46.3 Å². The molecule has 15 heavy (non-hydrogen) atoms. The minimum Gasteiger partial charge on any atom is -0.487 e. The number of ether oxygens (including phenoxy) is 1. The van der Waals surface area contributed by atoms with Crippen LogP contribution >= 0.6 is 0 Å². The molecule has 0 atom stereocenters. The first-order valence-electron chi connectivity index (χ1n) is 5.47. The van der Waals surface area contributed by atoms with Crippen molar-refractivity contribution in [3.8, 4) is 5.75 Å². The SMILES string of the molecule is CCC(C)(C)Oc1c(C)cccc1CN. The zero-order valence-corrected chi connectivity index (χ0v) is 10.1. The van der Waals surface area contributed by atoms with Gasteiger partial charge in [0, 0.05) is 12.1 Å². The number of aryl methyl sites for hydroxylation is 1. The van der Waals surface area contributed by atoms with E-state index in [1.165, 1.54) is 0 Å². The summed E-state index contributed by atoms with van der Waals surface area (Å²) in [4.78, 5) is 0. The minimum absolute atomic E-state index is 0.129. The molecule has 0 unspecified atom stereocenters. The molecule has 2 heteroatoms. The second-order valence-corrected chi connectivity index (χ2v) is 4.48. The van der Waals surface area contributed by atoms with Crippen LogP contribution in [-0.2, 0) is 6.54 Å². The van der Waals surface area contributed by atoms with E-state index in [-0.39, 0.29) is 5.60 Å². The van der Waals surface area contributed by atoms with E-state index in [0.717, 1.165) is 23.3 Å². The molecule has 0 bridgehead atoms. The summed E-state index contributed by atoms with van der Waals surface area (Å²) in [5.41, 5.74) is 7.80. The Bertz CT molecular complexity index is 331. The summed E-state index contributed by atoms with van der Waals surface area (Å²) >= 11 is 0. The highest BCUT2D eigenvalue weighted by molar-refractivity contribution is 5.41. The van der Waals surface area contributed by atoms with Crippen LogP contribution in [0.15, 0.2) is 18.2 Å². The molecule has 0 aliphatic carbocycles. The molecule has 1 rings (SSSR count). The van der Waals surface area contributed by atoms with Gasteiger partial charge in [-0.1, -0.05) is 25.1 Å². The number of hydrogen-bond donors (Lipinski definition) is 1. The first-order valence-corrected chi connectivity index (χ1v) is 5.47. The van der Waals surface area contributed by atoms with E-state index in [0.29, 0.717) is 6.54 Å². The van der Waals surface area contributed by atoms with Crippen molar-refractivity contribution < 1.29 is 4.74 Å². The van der Waals surface area contributed by atoms with Gasteiger partial charge in [0.1, 0.15) is 11.4 Å². The van der Waals surface area contributed by atoms with Crippen LogP contribution in [0.5, 0.6) is 5.75 Å². The van der Waals surface area contributed by atoms with E-state index in [9.17, 15) is 0 Å². The maximum Gasteiger partial charge on any atom is 0.127 e. The molecule has 0 heterocycles. The van der Waals surface area contributed by atoms with Gasteiger partial charge in [-0.2, -0.15) is 0 Å². The Labute approximate surface area is 92.4 Å². The molecular weight excluding hydrogens is 186 g/mol. The van der Waals surface area contributed by atoms with Crippen molar-refractivity contribution in [1.82, 2.24) is 0 Å².